The molecule has 4 rings (SSSR count). The van der Waals surface area contributed by atoms with Gasteiger partial charge in [0.2, 0.25) is 5.91 Å². The molecule has 2 heterocycles. The monoisotopic (exact) mass is 415 g/mol. The lowest BCUT2D eigenvalue weighted by molar-refractivity contribution is -0.118. The number of rotatable bonds is 6. The van der Waals surface area contributed by atoms with Gasteiger partial charge in [0.15, 0.2) is 5.13 Å². The number of nitrogens with zero attached hydrogens (tertiary/aromatic N) is 3. The van der Waals surface area contributed by atoms with Crippen LogP contribution in [0.15, 0.2) is 60.8 Å². The van der Waals surface area contributed by atoms with Crippen molar-refractivity contribution < 1.29 is 4.79 Å². The van der Waals surface area contributed by atoms with E-state index in [9.17, 15) is 4.79 Å². The van der Waals surface area contributed by atoms with Crippen LogP contribution in [0.2, 0.25) is 0 Å². The number of benzene rings is 2. The molecule has 0 unspecified atom stereocenters. The van der Waals surface area contributed by atoms with Gasteiger partial charge < -0.3 is 0 Å². The molecule has 1 amide bonds. The molecule has 2 aromatic carbocycles. The SMILES string of the molecule is CCc1ccc(CC(=O)N(Cc2ccccn2)c2nc3c(C)c(C)ccc3s2)cc1. The molecule has 4 aromatic rings. The second-order valence-electron chi connectivity index (χ2n) is 7.50. The number of aryl methyl sites for hydroxylation is 3. The predicted octanol–water partition coefficient (Wildman–Crippen LogP) is 5.65. The van der Waals surface area contributed by atoms with Gasteiger partial charge in [0.1, 0.15) is 0 Å². The number of aromatic nitrogens is 2. The Balaban J connectivity index is 1.68. The van der Waals surface area contributed by atoms with E-state index < -0.39 is 0 Å². The summed E-state index contributed by atoms with van der Waals surface area (Å²) in [4.78, 5) is 24.4. The third-order valence-corrected chi connectivity index (χ3v) is 6.48. The van der Waals surface area contributed by atoms with Crippen LogP contribution in [0.25, 0.3) is 10.2 Å². The zero-order valence-corrected chi connectivity index (χ0v) is 18.4. The zero-order valence-electron chi connectivity index (χ0n) is 17.6. The lowest BCUT2D eigenvalue weighted by atomic mass is 10.1. The van der Waals surface area contributed by atoms with Gasteiger partial charge in [0, 0.05) is 6.20 Å². The van der Waals surface area contributed by atoms with E-state index in [0.29, 0.717) is 13.0 Å². The fraction of sp³-hybridized carbons (Fsp3) is 0.240. The number of fused-ring (bicyclic) bond motifs is 1. The third-order valence-electron chi connectivity index (χ3n) is 5.44. The Kier molecular flexibility index (Phi) is 5.91. The first-order chi connectivity index (χ1) is 14.5. The fourth-order valence-corrected chi connectivity index (χ4v) is 4.45. The molecule has 0 aliphatic carbocycles. The maximum absolute atomic E-state index is 13.4. The first-order valence-corrected chi connectivity index (χ1v) is 11.0. The molecule has 0 radical (unpaired) electrons. The molecule has 0 spiro atoms. The van der Waals surface area contributed by atoms with Crippen LogP contribution in [0, 0.1) is 13.8 Å². The van der Waals surface area contributed by atoms with E-state index in [4.69, 9.17) is 4.98 Å². The van der Waals surface area contributed by atoms with E-state index >= 15 is 0 Å². The van der Waals surface area contributed by atoms with Crippen LogP contribution >= 0.6 is 11.3 Å². The number of thiazole rings is 1. The Morgan fingerprint density at radius 1 is 1.00 bits per heavy atom. The average molecular weight is 416 g/mol. The number of carbonyl (C=O) groups excluding carboxylic acids is 1. The maximum atomic E-state index is 13.4. The van der Waals surface area contributed by atoms with Crippen molar-refractivity contribution in [1.29, 1.82) is 0 Å². The highest BCUT2D eigenvalue weighted by molar-refractivity contribution is 7.22. The van der Waals surface area contributed by atoms with Gasteiger partial charge in [-0.25, -0.2) is 4.98 Å². The van der Waals surface area contributed by atoms with Crippen LogP contribution in [0.3, 0.4) is 0 Å². The Morgan fingerprint density at radius 3 is 2.47 bits per heavy atom. The molecule has 0 saturated carbocycles. The lowest BCUT2D eigenvalue weighted by Crippen LogP contribution is -2.32. The van der Waals surface area contributed by atoms with Crippen molar-refractivity contribution in [2.24, 2.45) is 0 Å². The van der Waals surface area contributed by atoms with Gasteiger partial charge >= 0.3 is 0 Å². The summed E-state index contributed by atoms with van der Waals surface area (Å²) in [6.45, 7) is 6.71. The highest BCUT2D eigenvalue weighted by Crippen LogP contribution is 2.33. The molecule has 30 heavy (non-hydrogen) atoms. The fourth-order valence-electron chi connectivity index (χ4n) is 3.41. The molecular weight excluding hydrogens is 390 g/mol. The minimum Gasteiger partial charge on any atom is -0.282 e. The van der Waals surface area contributed by atoms with Gasteiger partial charge in [0.05, 0.1) is 28.9 Å². The summed E-state index contributed by atoms with van der Waals surface area (Å²) >= 11 is 1.56. The van der Waals surface area contributed by atoms with Crippen molar-refractivity contribution >= 4 is 32.6 Å². The van der Waals surface area contributed by atoms with E-state index in [1.807, 2.05) is 30.3 Å². The lowest BCUT2D eigenvalue weighted by Gasteiger charge is -2.19. The normalized spacial score (nSPS) is 11.0. The van der Waals surface area contributed by atoms with Crippen molar-refractivity contribution in [3.8, 4) is 0 Å². The number of carbonyl (C=O) groups is 1. The van der Waals surface area contributed by atoms with Crippen molar-refractivity contribution in [2.45, 2.75) is 40.2 Å². The molecule has 0 bridgehead atoms. The second kappa shape index (κ2) is 8.76. The van der Waals surface area contributed by atoms with Crippen LogP contribution in [-0.2, 0) is 24.2 Å². The molecule has 0 atom stereocenters. The first-order valence-electron chi connectivity index (χ1n) is 10.2. The summed E-state index contributed by atoms with van der Waals surface area (Å²) in [5, 5.41) is 0.722. The highest BCUT2D eigenvalue weighted by atomic mass is 32.1. The van der Waals surface area contributed by atoms with Crippen LogP contribution in [0.5, 0.6) is 0 Å². The van der Waals surface area contributed by atoms with E-state index in [1.165, 1.54) is 11.1 Å². The van der Waals surface area contributed by atoms with Crippen molar-refractivity contribution in [3.05, 3.63) is 88.7 Å². The molecule has 0 fully saturated rings. The van der Waals surface area contributed by atoms with E-state index in [-0.39, 0.29) is 5.91 Å². The maximum Gasteiger partial charge on any atom is 0.233 e. The Morgan fingerprint density at radius 2 is 1.77 bits per heavy atom. The second-order valence-corrected chi connectivity index (χ2v) is 8.51. The molecular formula is C25H25N3OS. The van der Waals surface area contributed by atoms with Crippen LogP contribution in [0.4, 0.5) is 5.13 Å². The smallest absolute Gasteiger partial charge is 0.233 e. The van der Waals surface area contributed by atoms with Gasteiger partial charge in [-0.05, 0) is 60.7 Å². The Hall–Kier alpha value is -3.05. The molecule has 152 valence electrons. The molecule has 2 aromatic heterocycles. The standard InChI is InChI=1S/C25H25N3OS/c1-4-19-9-11-20(12-10-19)15-23(29)28(16-21-7-5-6-14-26-21)25-27-24-18(3)17(2)8-13-22(24)30-25/h5-14H,4,15-16H2,1-3H3. The predicted molar refractivity (Wildman–Crippen MR) is 124 cm³/mol. The van der Waals surface area contributed by atoms with E-state index in [2.05, 4.69) is 50.0 Å². The molecule has 0 saturated heterocycles. The minimum absolute atomic E-state index is 0.0262. The van der Waals surface area contributed by atoms with E-state index in [0.717, 1.165) is 38.6 Å². The summed E-state index contributed by atoms with van der Waals surface area (Å²) in [7, 11) is 0. The number of pyridine rings is 1. The summed E-state index contributed by atoms with van der Waals surface area (Å²) in [6, 6.07) is 18.2. The molecule has 0 N–H and O–H groups in total. The Labute approximate surface area is 181 Å². The van der Waals surface area contributed by atoms with Crippen molar-refractivity contribution in [3.63, 3.8) is 0 Å². The topological polar surface area (TPSA) is 46.1 Å². The van der Waals surface area contributed by atoms with Gasteiger partial charge in [-0.3, -0.25) is 14.7 Å². The van der Waals surface area contributed by atoms with Crippen LogP contribution in [-0.4, -0.2) is 15.9 Å². The van der Waals surface area contributed by atoms with Crippen LogP contribution < -0.4 is 4.90 Å². The highest BCUT2D eigenvalue weighted by Gasteiger charge is 2.21. The first kappa shape index (κ1) is 20.2. The van der Waals surface area contributed by atoms with Gasteiger partial charge in [0.25, 0.3) is 0 Å². The molecule has 5 heteroatoms. The number of amides is 1. The summed E-state index contributed by atoms with van der Waals surface area (Å²) in [6.07, 6.45) is 3.09. The van der Waals surface area contributed by atoms with Crippen LogP contribution in [0.1, 0.15) is 34.9 Å². The molecule has 0 aliphatic rings. The molecule has 4 nitrogen and oxygen atoms in total. The Bertz CT molecular complexity index is 1170. The largest absolute Gasteiger partial charge is 0.282 e. The van der Waals surface area contributed by atoms with Gasteiger partial charge in [-0.1, -0.05) is 54.7 Å². The minimum atomic E-state index is 0.0262. The number of hydrogen-bond donors (Lipinski definition) is 0. The average Bonchev–Trinajstić information content (AvgIpc) is 3.20. The van der Waals surface area contributed by atoms with Crippen molar-refractivity contribution in [2.75, 3.05) is 4.90 Å². The zero-order chi connectivity index (χ0) is 21.1. The molecule has 0 aliphatic heterocycles. The van der Waals surface area contributed by atoms with Gasteiger partial charge in [-0.2, -0.15) is 0 Å². The quantitative estimate of drug-likeness (QED) is 0.409. The summed E-state index contributed by atoms with van der Waals surface area (Å²) < 4.78 is 1.10. The summed E-state index contributed by atoms with van der Waals surface area (Å²) in [5.41, 5.74) is 6.47. The number of anilines is 1. The van der Waals surface area contributed by atoms with Crippen molar-refractivity contribution in [1.82, 2.24) is 9.97 Å². The van der Waals surface area contributed by atoms with Gasteiger partial charge in [-0.15, -0.1) is 0 Å². The van der Waals surface area contributed by atoms with E-state index in [1.54, 1.807) is 22.4 Å². The third kappa shape index (κ3) is 4.26. The number of hydrogen-bond acceptors (Lipinski definition) is 4. The summed E-state index contributed by atoms with van der Waals surface area (Å²) in [5.74, 6) is 0.0262.